The maximum Gasteiger partial charge on any atom is 0.161 e. The van der Waals surface area contributed by atoms with Crippen LogP contribution in [-0.4, -0.2) is 9.97 Å². The van der Waals surface area contributed by atoms with Crippen LogP contribution in [0.1, 0.15) is 11.1 Å². The lowest BCUT2D eigenvalue weighted by atomic mass is 10.1. The van der Waals surface area contributed by atoms with E-state index < -0.39 is 0 Å². The van der Waals surface area contributed by atoms with Crippen LogP contribution in [0.5, 0.6) is 0 Å². The van der Waals surface area contributed by atoms with E-state index in [2.05, 4.69) is 9.97 Å². The van der Waals surface area contributed by atoms with E-state index in [-0.39, 0.29) is 5.82 Å². The molecule has 0 saturated carbocycles. The smallest absolute Gasteiger partial charge is 0.161 e. The van der Waals surface area contributed by atoms with Gasteiger partial charge in [0.05, 0.1) is 5.52 Å². The Morgan fingerprint density at radius 2 is 1.80 bits per heavy atom. The topological polar surface area (TPSA) is 25.8 Å². The lowest BCUT2D eigenvalue weighted by Gasteiger charge is -2.08. The van der Waals surface area contributed by atoms with Crippen molar-refractivity contribution in [3.8, 4) is 11.4 Å². The van der Waals surface area contributed by atoms with Crippen molar-refractivity contribution in [1.82, 2.24) is 9.97 Å². The Balaban J connectivity index is 2.27. The number of aryl methyl sites for hydroxylation is 2. The molecule has 0 atom stereocenters. The number of fused-ring (bicyclic) bond motifs is 1. The fraction of sp³-hybridized carbons (Fsp3) is 0.125. The number of benzene rings is 2. The van der Waals surface area contributed by atoms with Gasteiger partial charge in [-0.05, 0) is 43.7 Å². The molecular formula is C16H12ClFN2. The Labute approximate surface area is 121 Å². The number of hydrogen-bond acceptors (Lipinski definition) is 2. The molecule has 0 bridgehead atoms. The zero-order valence-corrected chi connectivity index (χ0v) is 11.9. The first-order valence-corrected chi connectivity index (χ1v) is 6.63. The van der Waals surface area contributed by atoms with E-state index in [9.17, 15) is 4.39 Å². The van der Waals surface area contributed by atoms with Gasteiger partial charge in [0.25, 0.3) is 0 Å². The highest BCUT2D eigenvalue weighted by atomic mass is 35.5. The summed E-state index contributed by atoms with van der Waals surface area (Å²) in [5, 5.41) is 1.20. The van der Waals surface area contributed by atoms with Crippen molar-refractivity contribution in [1.29, 1.82) is 0 Å². The third-order valence-electron chi connectivity index (χ3n) is 3.25. The molecule has 2 aromatic carbocycles. The molecule has 0 aliphatic carbocycles. The maximum atomic E-state index is 13.4. The first kappa shape index (κ1) is 13.0. The van der Waals surface area contributed by atoms with Gasteiger partial charge in [-0.15, -0.1) is 0 Å². The van der Waals surface area contributed by atoms with Crippen LogP contribution in [0.4, 0.5) is 4.39 Å². The van der Waals surface area contributed by atoms with E-state index in [0.717, 1.165) is 22.0 Å². The molecular weight excluding hydrogens is 275 g/mol. The third-order valence-corrected chi connectivity index (χ3v) is 3.53. The largest absolute Gasteiger partial charge is 0.228 e. The van der Waals surface area contributed by atoms with E-state index in [1.165, 1.54) is 12.1 Å². The molecule has 0 fully saturated rings. The molecule has 0 saturated heterocycles. The number of hydrogen-bond donors (Lipinski definition) is 0. The molecule has 2 nitrogen and oxygen atoms in total. The van der Waals surface area contributed by atoms with Crippen molar-refractivity contribution in [3.63, 3.8) is 0 Å². The molecule has 1 aromatic heterocycles. The molecule has 3 aromatic rings. The first-order chi connectivity index (χ1) is 9.54. The summed E-state index contributed by atoms with van der Waals surface area (Å²) in [6, 6.07) is 10.4. The van der Waals surface area contributed by atoms with Gasteiger partial charge in [-0.3, -0.25) is 0 Å². The Bertz CT molecular complexity index is 815. The summed E-state index contributed by atoms with van der Waals surface area (Å²) in [7, 11) is 0. The van der Waals surface area contributed by atoms with E-state index in [1.807, 2.05) is 32.0 Å². The lowest BCUT2D eigenvalue weighted by Crippen LogP contribution is -1.95. The molecule has 0 aliphatic rings. The second-order valence-corrected chi connectivity index (χ2v) is 5.18. The molecule has 0 radical (unpaired) electrons. The highest BCUT2D eigenvalue weighted by molar-refractivity contribution is 6.34. The Kier molecular flexibility index (Phi) is 3.14. The van der Waals surface area contributed by atoms with Crippen molar-refractivity contribution in [2.45, 2.75) is 13.8 Å². The molecule has 1 heterocycles. The van der Waals surface area contributed by atoms with Gasteiger partial charge in [0.15, 0.2) is 5.82 Å². The van der Waals surface area contributed by atoms with Crippen LogP contribution in [0, 0.1) is 19.7 Å². The summed E-state index contributed by atoms with van der Waals surface area (Å²) in [6.45, 7) is 3.88. The number of aromatic nitrogens is 2. The lowest BCUT2D eigenvalue weighted by molar-refractivity contribution is 0.628. The zero-order valence-electron chi connectivity index (χ0n) is 11.1. The van der Waals surface area contributed by atoms with Crippen molar-refractivity contribution < 1.29 is 4.39 Å². The van der Waals surface area contributed by atoms with Crippen LogP contribution < -0.4 is 0 Å². The van der Waals surface area contributed by atoms with E-state index >= 15 is 0 Å². The minimum absolute atomic E-state index is 0.311. The van der Waals surface area contributed by atoms with Crippen molar-refractivity contribution in [2.75, 3.05) is 0 Å². The quantitative estimate of drug-likeness (QED) is 0.606. The standard InChI is InChI=1S/C16H12ClFN2/c1-9-3-6-14-13(7-9)15(17)20-16(19-14)12-8-11(18)5-4-10(12)2/h3-8H,1-2H3. The van der Waals surface area contributed by atoms with Crippen LogP contribution in [0.15, 0.2) is 36.4 Å². The zero-order chi connectivity index (χ0) is 14.3. The average molecular weight is 287 g/mol. The minimum atomic E-state index is -0.311. The predicted octanol–water partition coefficient (Wildman–Crippen LogP) is 4.71. The molecule has 4 heteroatoms. The van der Waals surface area contributed by atoms with E-state index in [0.29, 0.717) is 16.5 Å². The number of rotatable bonds is 1. The third kappa shape index (κ3) is 2.25. The first-order valence-electron chi connectivity index (χ1n) is 6.25. The van der Waals surface area contributed by atoms with Gasteiger partial charge in [0, 0.05) is 10.9 Å². The Morgan fingerprint density at radius 1 is 1.00 bits per heavy atom. The van der Waals surface area contributed by atoms with Gasteiger partial charge in [0.1, 0.15) is 11.0 Å². The molecule has 100 valence electrons. The van der Waals surface area contributed by atoms with Gasteiger partial charge < -0.3 is 0 Å². The molecule has 0 aliphatic heterocycles. The number of halogens is 2. The van der Waals surface area contributed by atoms with Crippen LogP contribution >= 0.6 is 11.6 Å². The summed E-state index contributed by atoms with van der Waals surface area (Å²) in [6.07, 6.45) is 0. The molecule has 20 heavy (non-hydrogen) atoms. The Hall–Kier alpha value is -2.00. The second kappa shape index (κ2) is 4.84. The maximum absolute atomic E-state index is 13.4. The van der Waals surface area contributed by atoms with Crippen molar-refractivity contribution in [2.24, 2.45) is 0 Å². The summed E-state index contributed by atoms with van der Waals surface area (Å²) >= 11 is 6.23. The van der Waals surface area contributed by atoms with Gasteiger partial charge in [-0.25, -0.2) is 14.4 Å². The normalized spacial score (nSPS) is 11.0. The minimum Gasteiger partial charge on any atom is -0.228 e. The number of nitrogens with zero attached hydrogens (tertiary/aromatic N) is 2. The summed E-state index contributed by atoms with van der Waals surface area (Å²) < 4.78 is 13.4. The Morgan fingerprint density at radius 3 is 2.60 bits per heavy atom. The summed E-state index contributed by atoms with van der Waals surface area (Å²) in [5.41, 5.74) is 3.43. The van der Waals surface area contributed by atoms with E-state index in [1.54, 1.807) is 6.07 Å². The van der Waals surface area contributed by atoms with Gasteiger partial charge >= 0.3 is 0 Å². The SMILES string of the molecule is Cc1ccc2nc(-c3cc(F)ccc3C)nc(Cl)c2c1. The molecule has 0 spiro atoms. The second-order valence-electron chi connectivity index (χ2n) is 4.82. The fourth-order valence-electron chi connectivity index (χ4n) is 2.16. The summed E-state index contributed by atoms with van der Waals surface area (Å²) in [4.78, 5) is 8.79. The van der Waals surface area contributed by atoms with Crippen molar-refractivity contribution >= 4 is 22.5 Å². The molecule has 0 N–H and O–H groups in total. The van der Waals surface area contributed by atoms with Crippen molar-refractivity contribution in [3.05, 3.63) is 58.5 Å². The van der Waals surface area contributed by atoms with Crippen LogP contribution in [0.2, 0.25) is 5.15 Å². The predicted molar refractivity (Wildman–Crippen MR) is 79.4 cm³/mol. The van der Waals surface area contributed by atoms with Crippen LogP contribution in [-0.2, 0) is 0 Å². The summed E-state index contributed by atoms with van der Waals surface area (Å²) in [5.74, 6) is 0.137. The molecule has 0 amide bonds. The van der Waals surface area contributed by atoms with E-state index in [4.69, 9.17) is 11.6 Å². The average Bonchev–Trinajstić information content (AvgIpc) is 2.42. The highest BCUT2D eigenvalue weighted by Gasteiger charge is 2.11. The highest BCUT2D eigenvalue weighted by Crippen LogP contribution is 2.27. The molecule has 3 rings (SSSR count). The van der Waals surface area contributed by atoms with Crippen LogP contribution in [0.25, 0.3) is 22.3 Å². The fourth-order valence-corrected chi connectivity index (χ4v) is 2.39. The van der Waals surface area contributed by atoms with Gasteiger partial charge in [0.2, 0.25) is 0 Å². The van der Waals surface area contributed by atoms with Gasteiger partial charge in [-0.1, -0.05) is 29.3 Å². The monoisotopic (exact) mass is 286 g/mol. The van der Waals surface area contributed by atoms with Crippen LogP contribution in [0.3, 0.4) is 0 Å². The van der Waals surface area contributed by atoms with Gasteiger partial charge in [-0.2, -0.15) is 0 Å². The molecule has 0 unspecified atom stereocenters.